The van der Waals surface area contributed by atoms with Gasteiger partial charge in [-0.25, -0.2) is 4.79 Å². The minimum absolute atomic E-state index is 0.0399. The van der Waals surface area contributed by atoms with Crippen molar-refractivity contribution in [1.82, 2.24) is 9.88 Å². The molecule has 7 heteroatoms. The molecular weight excluding hydrogens is 310 g/mol. The lowest BCUT2D eigenvalue weighted by Crippen LogP contribution is -2.42. The van der Waals surface area contributed by atoms with Gasteiger partial charge in [0.15, 0.2) is 0 Å². The molecule has 1 heterocycles. The molecule has 2 aromatic rings. The maximum atomic E-state index is 12.7. The number of aryl methyl sites for hydroxylation is 2. The van der Waals surface area contributed by atoms with Crippen LogP contribution in [0.4, 0.5) is 0 Å². The number of aliphatic carboxylic acids is 1. The number of fused-ring (bicyclic) bond motifs is 1. The van der Waals surface area contributed by atoms with Crippen LogP contribution in [0.2, 0.25) is 0 Å². The molecule has 0 spiro atoms. The van der Waals surface area contributed by atoms with Crippen molar-refractivity contribution < 1.29 is 19.5 Å². The first-order valence-corrected chi connectivity index (χ1v) is 7.76. The van der Waals surface area contributed by atoms with Gasteiger partial charge < -0.3 is 20.7 Å². The molecule has 7 nitrogen and oxygen atoms in total. The first-order chi connectivity index (χ1) is 11.4. The summed E-state index contributed by atoms with van der Waals surface area (Å²) in [5, 5.41) is 12.7. The molecule has 1 atom stereocenters. The fraction of sp³-hybridized carbons (Fsp3) is 0.353. The van der Waals surface area contributed by atoms with Gasteiger partial charge in [0.1, 0.15) is 11.7 Å². The molecule has 1 aromatic carbocycles. The zero-order valence-corrected chi connectivity index (χ0v) is 13.7. The van der Waals surface area contributed by atoms with Gasteiger partial charge in [-0.05, 0) is 31.9 Å². The molecule has 2 rings (SSSR count). The van der Waals surface area contributed by atoms with Gasteiger partial charge in [0.25, 0.3) is 5.91 Å². The fourth-order valence-corrected chi connectivity index (χ4v) is 2.87. The lowest BCUT2D eigenvalue weighted by Gasteiger charge is -2.15. The summed E-state index contributed by atoms with van der Waals surface area (Å²) in [7, 11) is 0. The number of hydrogen-bond donors (Lipinski definition) is 3. The smallest absolute Gasteiger partial charge is 0.326 e. The molecule has 0 radical (unpaired) electrons. The number of primary amides is 1. The second kappa shape index (κ2) is 7.16. The lowest BCUT2D eigenvalue weighted by atomic mass is 10.1. The third kappa shape index (κ3) is 3.40. The van der Waals surface area contributed by atoms with Crippen molar-refractivity contribution in [2.75, 3.05) is 0 Å². The van der Waals surface area contributed by atoms with E-state index in [1.165, 1.54) is 0 Å². The summed E-state index contributed by atoms with van der Waals surface area (Å²) in [6, 6.07) is 6.47. The maximum absolute atomic E-state index is 12.7. The van der Waals surface area contributed by atoms with Crippen molar-refractivity contribution >= 4 is 28.7 Å². The molecule has 1 unspecified atom stereocenters. The molecule has 1 aromatic heterocycles. The van der Waals surface area contributed by atoms with Crippen LogP contribution in [0.25, 0.3) is 10.9 Å². The summed E-state index contributed by atoms with van der Waals surface area (Å²) in [6.45, 7) is 4.34. The zero-order valence-electron chi connectivity index (χ0n) is 13.7. The highest BCUT2D eigenvalue weighted by atomic mass is 16.4. The number of para-hydroxylation sites is 1. The Morgan fingerprint density at radius 3 is 2.54 bits per heavy atom. The molecule has 24 heavy (non-hydrogen) atoms. The quantitative estimate of drug-likeness (QED) is 0.711. The Bertz CT molecular complexity index is 794. The normalized spacial score (nSPS) is 12.1. The summed E-state index contributed by atoms with van der Waals surface area (Å²) in [4.78, 5) is 34.8. The van der Waals surface area contributed by atoms with E-state index in [-0.39, 0.29) is 12.8 Å². The summed E-state index contributed by atoms with van der Waals surface area (Å²) >= 11 is 0. The number of carboxylic acid groups (broad SMARTS) is 1. The van der Waals surface area contributed by atoms with Crippen molar-refractivity contribution in [2.24, 2.45) is 5.73 Å². The van der Waals surface area contributed by atoms with Gasteiger partial charge in [-0.3, -0.25) is 9.59 Å². The minimum atomic E-state index is -1.19. The van der Waals surface area contributed by atoms with Gasteiger partial charge in [-0.1, -0.05) is 18.2 Å². The predicted octanol–water partition coefficient (Wildman–Crippen LogP) is 1.42. The second-order valence-electron chi connectivity index (χ2n) is 5.60. The van der Waals surface area contributed by atoms with Gasteiger partial charge in [0, 0.05) is 23.9 Å². The number of benzene rings is 1. The van der Waals surface area contributed by atoms with Crippen LogP contribution in [0.3, 0.4) is 0 Å². The van der Waals surface area contributed by atoms with Crippen LogP contribution in [0.1, 0.15) is 35.8 Å². The van der Waals surface area contributed by atoms with Crippen LogP contribution >= 0.6 is 0 Å². The summed E-state index contributed by atoms with van der Waals surface area (Å²) in [6.07, 6.45) is -0.144. The molecule has 4 N–H and O–H groups in total. The third-order valence-electron chi connectivity index (χ3n) is 4.04. The lowest BCUT2D eigenvalue weighted by molar-refractivity contribution is -0.139. The second-order valence-corrected chi connectivity index (χ2v) is 5.60. The molecule has 128 valence electrons. The Balaban J connectivity index is 2.35. The largest absolute Gasteiger partial charge is 0.480 e. The third-order valence-corrected chi connectivity index (χ3v) is 4.04. The SMILES string of the molecule is CCn1c(C(=O)NC(CCC(N)=O)C(=O)O)c(C)c2ccccc21. The average molecular weight is 331 g/mol. The minimum Gasteiger partial charge on any atom is -0.480 e. The molecule has 0 bridgehead atoms. The van der Waals surface area contributed by atoms with Crippen molar-refractivity contribution in [3.8, 4) is 0 Å². The first-order valence-electron chi connectivity index (χ1n) is 7.76. The van der Waals surface area contributed by atoms with Gasteiger partial charge in [-0.2, -0.15) is 0 Å². The Kier molecular flexibility index (Phi) is 5.23. The maximum Gasteiger partial charge on any atom is 0.326 e. The summed E-state index contributed by atoms with van der Waals surface area (Å²) in [5.41, 5.74) is 7.21. The highest BCUT2D eigenvalue weighted by Crippen LogP contribution is 2.25. The van der Waals surface area contributed by atoms with Crippen LogP contribution in [0.5, 0.6) is 0 Å². The zero-order chi connectivity index (χ0) is 17.9. The van der Waals surface area contributed by atoms with Gasteiger partial charge in [-0.15, -0.1) is 0 Å². The standard InChI is InChI=1S/C17H21N3O4/c1-3-20-13-7-5-4-6-11(13)10(2)15(20)16(22)19-12(17(23)24)8-9-14(18)21/h4-7,12H,3,8-9H2,1-2H3,(H2,18,21)(H,19,22)(H,23,24). The molecule has 0 saturated heterocycles. The topological polar surface area (TPSA) is 114 Å². The Hall–Kier alpha value is -2.83. The van der Waals surface area contributed by atoms with Crippen molar-refractivity contribution in [1.29, 1.82) is 0 Å². The molecule has 0 aliphatic carbocycles. The van der Waals surface area contributed by atoms with E-state index in [1.54, 1.807) is 0 Å². The number of nitrogens with zero attached hydrogens (tertiary/aromatic N) is 1. The van der Waals surface area contributed by atoms with E-state index in [4.69, 9.17) is 5.73 Å². The van der Waals surface area contributed by atoms with Crippen LogP contribution in [0, 0.1) is 6.92 Å². The monoisotopic (exact) mass is 331 g/mol. The molecule has 0 fully saturated rings. The fourth-order valence-electron chi connectivity index (χ4n) is 2.87. The molecule has 2 amide bonds. The number of nitrogens with one attached hydrogen (secondary N) is 1. The Morgan fingerprint density at radius 2 is 1.96 bits per heavy atom. The number of aromatic nitrogens is 1. The van der Waals surface area contributed by atoms with Crippen LogP contribution < -0.4 is 11.1 Å². The number of carbonyl (C=O) groups is 3. The summed E-state index contributed by atoms with van der Waals surface area (Å²) in [5.74, 6) is -2.27. The van der Waals surface area contributed by atoms with Crippen molar-refractivity contribution in [2.45, 2.75) is 39.3 Å². The number of nitrogens with two attached hydrogens (primary N) is 1. The Morgan fingerprint density at radius 1 is 1.29 bits per heavy atom. The van der Waals surface area contributed by atoms with E-state index < -0.39 is 23.8 Å². The molecular formula is C17H21N3O4. The van der Waals surface area contributed by atoms with Crippen molar-refractivity contribution in [3.05, 3.63) is 35.5 Å². The molecule has 0 aliphatic rings. The Labute approximate surface area is 139 Å². The van der Waals surface area contributed by atoms with Gasteiger partial charge in [0.2, 0.25) is 5.91 Å². The van der Waals surface area contributed by atoms with E-state index >= 15 is 0 Å². The predicted molar refractivity (Wildman–Crippen MR) is 89.7 cm³/mol. The van der Waals surface area contributed by atoms with Crippen LogP contribution in [-0.2, 0) is 16.1 Å². The van der Waals surface area contributed by atoms with E-state index in [0.717, 1.165) is 16.5 Å². The highest BCUT2D eigenvalue weighted by molar-refractivity contribution is 6.02. The van der Waals surface area contributed by atoms with Crippen LogP contribution in [0.15, 0.2) is 24.3 Å². The van der Waals surface area contributed by atoms with E-state index in [9.17, 15) is 19.5 Å². The number of rotatable bonds is 7. The summed E-state index contributed by atoms with van der Waals surface area (Å²) < 4.78 is 1.85. The van der Waals surface area contributed by atoms with E-state index in [1.807, 2.05) is 42.7 Å². The van der Waals surface area contributed by atoms with Gasteiger partial charge >= 0.3 is 5.97 Å². The van der Waals surface area contributed by atoms with E-state index in [2.05, 4.69) is 5.32 Å². The first kappa shape index (κ1) is 17.5. The van der Waals surface area contributed by atoms with E-state index in [0.29, 0.717) is 12.2 Å². The molecule has 0 saturated carbocycles. The van der Waals surface area contributed by atoms with Crippen molar-refractivity contribution in [3.63, 3.8) is 0 Å². The highest BCUT2D eigenvalue weighted by Gasteiger charge is 2.25. The van der Waals surface area contributed by atoms with Crippen LogP contribution in [-0.4, -0.2) is 33.5 Å². The average Bonchev–Trinajstić information content (AvgIpc) is 2.83. The number of hydrogen-bond acceptors (Lipinski definition) is 3. The van der Waals surface area contributed by atoms with Gasteiger partial charge in [0.05, 0.1) is 0 Å². The number of amides is 2. The number of carbonyl (C=O) groups excluding carboxylic acids is 2. The molecule has 0 aliphatic heterocycles. The number of carboxylic acids is 1.